The fourth-order valence-corrected chi connectivity index (χ4v) is 1.55. The zero-order valence-corrected chi connectivity index (χ0v) is 8.06. The van der Waals surface area contributed by atoms with E-state index in [2.05, 4.69) is 10.2 Å². The minimum atomic E-state index is 0.0221. The number of aromatic amines is 1. The molecule has 1 aliphatic heterocycles. The number of amides is 1. The van der Waals surface area contributed by atoms with Crippen LogP contribution in [0.3, 0.4) is 0 Å². The minimum absolute atomic E-state index is 0.0221. The maximum Gasteiger partial charge on any atom is 0.257 e. The SMILES string of the molecule is CC1CN(C(=O)c2cn[nH]c2)CCO1. The molecule has 0 aliphatic carbocycles. The van der Waals surface area contributed by atoms with Gasteiger partial charge in [-0.25, -0.2) is 0 Å². The first kappa shape index (κ1) is 9.21. The lowest BCUT2D eigenvalue weighted by Gasteiger charge is -2.30. The molecule has 1 saturated heterocycles. The van der Waals surface area contributed by atoms with Gasteiger partial charge in [0.2, 0.25) is 0 Å². The number of carbonyl (C=O) groups excluding carboxylic acids is 1. The number of ether oxygens (including phenoxy) is 1. The van der Waals surface area contributed by atoms with Gasteiger partial charge >= 0.3 is 0 Å². The maximum absolute atomic E-state index is 11.8. The summed E-state index contributed by atoms with van der Waals surface area (Å²) in [4.78, 5) is 13.6. The molecule has 1 N–H and O–H groups in total. The molecule has 76 valence electrons. The van der Waals surface area contributed by atoms with Gasteiger partial charge in [0.1, 0.15) is 0 Å². The molecule has 0 aromatic carbocycles. The number of morpholine rings is 1. The average molecular weight is 195 g/mol. The standard InChI is InChI=1S/C9H13N3O2/c1-7-6-12(2-3-14-7)9(13)8-4-10-11-5-8/h4-5,7H,2-3,6H2,1H3,(H,10,11). The summed E-state index contributed by atoms with van der Waals surface area (Å²) in [6.07, 6.45) is 3.28. The van der Waals surface area contributed by atoms with E-state index in [-0.39, 0.29) is 12.0 Å². The van der Waals surface area contributed by atoms with Crippen LogP contribution >= 0.6 is 0 Å². The summed E-state index contributed by atoms with van der Waals surface area (Å²) >= 11 is 0. The topological polar surface area (TPSA) is 58.2 Å². The molecule has 5 nitrogen and oxygen atoms in total. The molecule has 0 saturated carbocycles. The zero-order valence-electron chi connectivity index (χ0n) is 8.06. The van der Waals surface area contributed by atoms with E-state index in [1.165, 1.54) is 0 Å². The van der Waals surface area contributed by atoms with E-state index in [0.717, 1.165) is 0 Å². The van der Waals surface area contributed by atoms with Crippen LogP contribution < -0.4 is 0 Å². The molecule has 1 amide bonds. The van der Waals surface area contributed by atoms with Crippen LogP contribution in [0.15, 0.2) is 12.4 Å². The number of hydrogen-bond acceptors (Lipinski definition) is 3. The highest BCUT2D eigenvalue weighted by molar-refractivity contribution is 5.93. The van der Waals surface area contributed by atoms with E-state index in [1.807, 2.05) is 6.92 Å². The normalized spacial score (nSPS) is 22.4. The maximum atomic E-state index is 11.8. The third-order valence-electron chi connectivity index (χ3n) is 2.27. The van der Waals surface area contributed by atoms with Crippen molar-refractivity contribution >= 4 is 5.91 Å². The highest BCUT2D eigenvalue weighted by Crippen LogP contribution is 2.08. The average Bonchev–Trinajstić information content (AvgIpc) is 2.69. The zero-order chi connectivity index (χ0) is 9.97. The summed E-state index contributed by atoms with van der Waals surface area (Å²) < 4.78 is 5.36. The van der Waals surface area contributed by atoms with Crippen molar-refractivity contribution in [3.63, 3.8) is 0 Å². The van der Waals surface area contributed by atoms with Gasteiger partial charge in [0.05, 0.1) is 24.5 Å². The van der Waals surface area contributed by atoms with E-state index in [9.17, 15) is 4.79 Å². The van der Waals surface area contributed by atoms with Gasteiger partial charge in [0.25, 0.3) is 5.91 Å². The Kier molecular flexibility index (Phi) is 2.49. The van der Waals surface area contributed by atoms with Crippen LogP contribution in [-0.2, 0) is 4.74 Å². The third-order valence-corrected chi connectivity index (χ3v) is 2.27. The number of nitrogens with zero attached hydrogens (tertiary/aromatic N) is 2. The predicted molar refractivity (Wildman–Crippen MR) is 49.9 cm³/mol. The largest absolute Gasteiger partial charge is 0.375 e. The number of H-pyrrole nitrogens is 1. The monoisotopic (exact) mass is 195 g/mol. The van der Waals surface area contributed by atoms with E-state index in [4.69, 9.17) is 4.74 Å². The van der Waals surface area contributed by atoms with Crippen molar-refractivity contribution in [2.45, 2.75) is 13.0 Å². The Morgan fingerprint density at radius 3 is 3.29 bits per heavy atom. The minimum Gasteiger partial charge on any atom is -0.375 e. The van der Waals surface area contributed by atoms with Crippen LogP contribution in [0.25, 0.3) is 0 Å². The summed E-state index contributed by atoms with van der Waals surface area (Å²) in [5.41, 5.74) is 0.610. The Morgan fingerprint density at radius 1 is 1.79 bits per heavy atom. The van der Waals surface area contributed by atoms with Crippen molar-refractivity contribution in [2.75, 3.05) is 19.7 Å². The number of rotatable bonds is 1. The Hall–Kier alpha value is -1.36. The molecule has 1 aromatic rings. The predicted octanol–water partition coefficient (Wildman–Crippen LogP) is 0.271. The molecule has 1 aromatic heterocycles. The highest BCUT2D eigenvalue weighted by Gasteiger charge is 2.22. The molecule has 1 atom stereocenters. The van der Waals surface area contributed by atoms with Crippen LogP contribution in [0.1, 0.15) is 17.3 Å². The highest BCUT2D eigenvalue weighted by atomic mass is 16.5. The lowest BCUT2D eigenvalue weighted by atomic mass is 10.2. The second-order valence-electron chi connectivity index (χ2n) is 3.42. The van der Waals surface area contributed by atoms with Crippen LogP contribution in [0.2, 0.25) is 0 Å². The Labute approximate surface area is 82.0 Å². The summed E-state index contributed by atoms with van der Waals surface area (Å²) in [6.45, 7) is 3.90. The van der Waals surface area contributed by atoms with Crippen molar-refractivity contribution in [1.82, 2.24) is 15.1 Å². The van der Waals surface area contributed by atoms with Crippen LogP contribution in [0.5, 0.6) is 0 Å². The molecule has 2 rings (SSSR count). The van der Waals surface area contributed by atoms with Gasteiger partial charge in [-0.3, -0.25) is 9.89 Å². The molecular formula is C9H13N3O2. The van der Waals surface area contributed by atoms with Crippen molar-refractivity contribution in [2.24, 2.45) is 0 Å². The Bertz CT molecular complexity index is 310. The molecule has 14 heavy (non-hydrogen) atoms. The van der Waals surface area contributed by atoms with Crippen molar-refractivity contribution in [3.05, 3.63) is 18.0 Å². The van der Waals surface area contributed by atoms with Crippen molar-refractivity contribution in [1.29, 1.82) is 0 Å². The quantitative estimate of drug-likeness (QED) is 0.699. The lowest BCUT2D eigenvalue weighted by molar-refractivity contribution is -0.0124. The van der Waals surface area contributed by atoms with Gasteiger partial charge in [-0.15, -0.1) is 0 Å². The fraction of sp³-hybridized carbons (Fsp3) is 0.556. The molecule has 0 radical (unpaired) electrons. The second-order valence-corrected chi connectivity index (χ2v) is 3.42. The second kappa shape index (κ2) is 3.79. The van der Waals surface area contributed by atoms with Gasteiger partial charge in [0.15, 0.2) is 0 Å². The number of hydrogen-bond donors (Lipinski definition) is 1. The Morgan fingerprint density at radius 2 is 2.64 bits per heavy atom. The lowest BCUT2D eigenvalue weighted by Crippen LogP contribution is -2.44. The molecular weight excluding hydrogens is 182 g/mol. The Balaban J connectivity index is 2.04. The first-order valence-electron chi connectivity index (χ1n) is 4.67. The smallest absolute Gasteiger partial charge is 0.257 e. The van der Waals surface area contributed by atoms with E-state index < -0.39 is 0 Å². The van der Waals surface area contributed by atoms with Gasteiger partial charge in [-0.05, 0) is 6.92 Å². The molecule has 0 spiro atoms. The van der Waals surface area contributed by atoms with Crippen molar-refractivity contribution < 1.29 is 9.53 Å². The van der Waals surface area contributed by atoms with Crippen LogP contribution in [0, 0.1) is 0 Å². The van der Waals surface area contributed by atoms with Gasteiger partial charge in [0, 0.05) is 19.3 Å². The number of aromatic nitrogens is 2. The summed E-state index contributed by atoms with van der Waals surface area (Å²) in [7, 11) is 0. The van der Waals surface area contributed by atoms with Gasteiger partial charge in [-0.1, -0.05) is 0 Å². The van der Waals surface area contributed by atoms with Crippen molar-refractivity contribution in [3.8, 4) is 0 Å². The van der Waals surface area contributed by atoms with E-state index in [0.29, 0.717) is 25.3 Å². The molecule has 5 heteroatoms. The van der Waals surface area contributed by atoms with Gasteiger partial charge in [-0.2, -0.15) is 5.10 Å². The van der Waals surface area contributed by atoms with Crippen LogP contribution in [0.4, 0.5) is 0 Å². The first-order valence-corrected chi connectivity index (χ1v) is 4.67. The summed E-state index contributed by atoms with van der Waals surface area (Å²) in [5, 5.41) is 6.39. The van der Waals surface area contributed by atoms with E-state index >= 15 is 0 Å². The summed E-state index contributed by atoms with van der Waals surface area (Å²) in [6, 6.07) is 0. The molecule has 1 unspecified atom stereocenters. The van der Waals surface area contributed by atoms with Crippen LogP contribution in [-0.4, -0.2) is 46.8 Å². The summed E-state index contributed by atoms with van der Waals surface area (Å²) in [5.74, 6) is 0.0221. The number of nitrogens with one attached hydrogen (secondary N) is 1. The molecule has 0 bridgehead atoms. The van der Waals surface area contributed by atoms with Gasteiger partial charge < -0.3 is 9.64 Å². The first-order chi connectivity index (χ1) is 6.77. The molecule has 1 aliphatic rings. The third kappa shape index (κ3) is 1.77. The molecule has 2 heterocycles. The molecule has 1 fully saturated rings. The van der Waals surface area contributed by atoms with E-state index in [1.54, 1.807) is 17.3 Å². The fourth-order valence-electron chi connectivity index (χ4n) is 1.55. The number of carbonyl (C=O) groups is 1.